The van der Waals surface area contributed by atoms with Gasteiger partial charge >= 0.3 is 0 Å². The number of carbonyl (C=O) groups excluding carboxylic acids is 1. The van der Waals surface area contributed by atoms with E-state index in [0.29, 0.717) is 18.0 Å². The van der Waals surface area contributed by atoms with Crippen molar-refractivity contribution < 1.29 is 9.90 Å². The summed E-state index contributed by atoms with van der Waals surface area (Å²) in [5, 5.41) is 22.6. The SMILES string of the molecule is CC(C)(C)c1nnc(NC(=O)CC2(O)CCCCC2)s1. The molecule has 1 aromatic heterocycles. The summed E-state index contributed by atoms with van der Waals surface area (Å²) in [4.78, 5) is 12.0. The molecular formula is C14H23N3O2S. The van der Waals surface area contributed by atoms with Crippen LogP contribution >= 0.6 is 11.3 Å². The molecule has 6 heteroatoms. The average molecular weight is 297 g/mol. The molecule has 0 atom stereocenters. The second-order valence-electron chi connectivity index (χ2n) is 6.67. The predicted octanol–water partition coefficient (Wildman–Crippen LogP) is 2.86. The Balaban J connectivity index is 1.93. The highest BCUT2D eigenvalue weighted by molar-refractivity contribution is 7.15. The maximum absolute atomic E-state index is 12.0. The first kappa shape index (κ1) is 15.4. The Morgan fingerprint density at radius 3 is 2.50 bits per heavy atom. The van der Waals surface area contributed by atoms with Crippen LogP contribution in [0.4, 0.5) is 5.13 Å². The molecule has 20 heavy (non-hydrogen) atoms. The van der Waals surface area contributed by atoms with E-state index in [1.165, 1.54) is 11.3 Å². The molecule has 0 saturated heterocycles. The summed E-state index contributed by atoms with van der Waals surface area (Å²) in [6.45, 7) is 6.18. The number of aromatic nitrogens is 2. The summed E-state index contributed by atoms with van der Waals surface area (Å²) in [6.07, 6.45) is 4.72. The van der Waals surface area contributed by atoms with Gasteiger partial charge in [-0.2, -0.15) is 0 Å². The van der Waals surface area contributed by atoms with Crippen LogP contribution < -0.4 is 5.32 Å². The molecule has 2 N–H and O–H groups in total. The fourth-order valence-corrected chi connectivity index (χ4v) is 3.24. The van der Waals surface area contributed by atoms with Crippen molar-refractivity contribution in [1.29, 1.82) is 0 Å². The van der Waals surface area contributed by atoms with Crippen molar-refractivity contribution in [3.63, 3.8) is 0 Å². The van der Waals surface area contributed by atoms with E-state index in [1.54, 1.807) is 0 Å². The van der Waals surface area contributed by atoms with Gasteiger partial charge in [0.15, 0.2) is 0 Å². The standard InChI is InChI=1S/C14H23N3O2S/c1-13(2,3)11-16-17-12(20-11)15-10(18)9-14(19)7-5-4-6-8-14/h19H,4-9H2,1-3H3,(H,15,17,18). The summed E-state index contributed by atoms with van der Waals surface area (Å²) in [5.74, 6) is -0.175. The maximum atomic E-state index is 12.0. The number of amides is 1. The third-order valence-corrected chi connectivity index (χ3v) is 4.85. The van der Waals surface area contributed by atoms with E-state index in [1.807, 2.05) is 0 Å². The lowest BCUT2D eigenvalue weighted by Gasteiger charge is -2.31. The van der Waals surface area contributed by atoms with Crippen LogP contribution in [0.1, 0.15) is 64.3 Å². The van der Waals surface area contributed by atoms with Gasteiger partial charge in [0.05, 0.1) is 12.0 Å². The highest BCUT2D eigenvalue weighted by Crippen LogP contribution is 2.32. The number of nitrogens with one attached hydrogen (secondary N) is 1. The number of aliphatic hydroxyl groups is 1. The quantitative estimate of drug-likeness (QED) is 0.899. The van der Waals surface area contributed by atoms with Crippen molar-refractivity contribution in [2.75, 3.05) is 5.32 Å². The van der Waals surface area contributed by atoms with Crippen LogP contribution in [0.3, 0.4) is 0 Å². The Labute approximate surface area is 123 Å². The zero-order valence-electron chi connectivity index (χ0n) is 12.4. The van der Waals surface area contributed by atoms with Crippen LogP contribution in [0.25, 0.3) is 0 Å². The zero-order chi connectivity index (χ0) is 14.8. The topological polar surface area (TPSA) is 75.1 Å². The lowest BCUT2D eigenvalue weighted by Crippen LogP contribution is -2.35. The van der Waals surface area contributed by atoms with Gasteiger partial charge in [-0.1, -0.05) is 51.4 Å². The summed E-state index contributed by atoms with van der Waals surface area (Å²) in [7, 11) is 0. The van der Waals surface area contributed by atoms with Gasteiger partial charge in [0.2, 0.25) is 11.0 Å². The normalized spacial score (nSPS) is 18.8. The van der Waals surface area contributed by atoms with Gasteiger partial charge < -0.3 is 10.4 Å². The van der Waals surface area contributed by atoms with Crippen LogP contribution in [0.15, 0.2) is 0 Å². The lowest BCUT2D eigenvalue weighted by atomic mass is 9.82. The maximum Gasteiger partial charge on any atom is 0.229 e. The van der Waals surface area contributed by atoms with E-state index >= 15 is 0 Å². The molecule has 0 aromatic carbocycles. The molecule has 0 spiro atoms. The summed E-state index contributed by atoms with van der Waals surface area (Å²) in [6, 6.07) is 0. The fraction of sp³-hybridized carbons (Fsp3) is 0.786. The summed E-state index contributed by atoms with van der Waals surface area (Å²) >= 11 is 1.39. The number of rotatable bonds is 3. The van der Waals surface area contributed by atoms with Crippen LogP contribution in [0.5, 0.6) is 0 Å². The molecule has 0 bridgehead atoms. The highest BCUT2D eigenvalue weighted by Gasteiger charge is 2.32. The molecule has 1 aliphatic rings. The molecule has 1 aliphatic carbocycles. The average Bonchev–Trinajstić information content (AvgIpc) is 2.77. The minimum Gasteiger partial charge on any atom is -0.389 e. The van der Waals surface area contributed by atoms with E-state index < -0.39 is 5.60 Å². The molecule has 1 fully saturated rings. The van der Waals surface area contributed by atoms with Crippen LogP contribution in [-0.2, 0) is 10.2 Å². The second kappa shape index (κ2) is 5.77. The van der Waals surface area contributed by atoms with Crippen molar-refractivity contribution in [2.45, 2.75) is 70.3 Å². The molecule has 5 nitrogen and oxygen atoms in total. The monoisotopic (exact) mass is 297 g/mol. The Morgan fingerprint density at radius 1 is 1.30 bits per heavy atom. The van der Waals surface area contributed by atoms with Crippen LogP contribution in [-0.4, -0.2) is 26.8 Å². The van der Waals surface area contributed by atoms with Gasteiger partial charge in [0, 0.05) is 5.41 Å². The van der Waals surface area contributed by atoms with E-state index in [9.17, 15) is 9.90 Å². The lowest BCUT2D eigenvalue weighted by molar-refractivity contribution is -0.122. The first-order chi connectivity index (χ1) is 9.28. The molecule has 2 rings (SSSR count). The molecule has 112 valence electrons. The first-order valence-corrected chi connectivity index (χ1v) is 7.96. The van der Waals surface area contributed by atoms with E-state index in [-0.39, 0.29) is 17.7 Å². The molecule has 1 heterocycles. The Morgan fingerprint density at radius 2 is 1.95 bits per heavy atom. The van der Waals surface area contributed by atoms with Crippen molar-refractivity contribution in [3.8, 4) is 0 Å². The number of nitrogens with zero attached hydrogens (tertiary/aromatic N) is 2. The molecule has 0 aliphatic heterocycles. The van der Waals surface area contributed by atoms with Gasteiger partial charge in [-0.3, -0.25) is 4.79 Å². The Bertz CT molecular complexity index is 473. The van der Waals surface area contributed by atoms with Crippen molar-refractivity contribution in [2.24, 2.45) is 0 Å². The van der Waals surface area contributed by atoms with Gasteiger partial charge in [-0.15, -0.1) is 10.2 Å². The number of anilines is 1. The molecule has 1 aromatic rings. The molecule has 1 saturated carbocycles. The Hall–Kier alpha value is -1.01. The smallest absolute Gasteiger partial charge is 0.229 e. The molecular weight excluding hydrogens is 274 g/mol. The van der Waals surface area contributed by atoms with E-state index in [2.05, 4.69) is 36.3 Å². The molecule has 0 unspecified atom stereocenters. The first-order valence-electron chi connectivity index (χ1n) is 7.15. The third-order valence-electron chi connectivity index (χ3n) is 3.59. The predicted molar refractivity (Wildman–Crippen MR) is 79.9 cm³/mol. The van der Waals surface area contributed by atoms with E-state index in [0.717, 1.165) is 24.3 Å². The van der Waals surface area contributed by atoms with Crippen molar-refractivity contribution in [1.82, 2.24) is 10.2 Å². The van der Waals surface area contributed by atoms with Gasteiger partial charge in [-0.25, -0.2) is 0 Å². The number of hydrogen-bond donors (Lipinski definition) is 2. The number of carbonyl (C=O) groups is 1. The largest absolute Gasteiger partial charge is 0.389 e. The van der Waals surface area contributed by atoms with E-state index in [4.69, 9.17) is 0 Å². The van der Waals surface area contributed by atoms with Crippen LogP contribution in [0, 0.1) is 0 Å². The summed E-state index contributed by atoms with van der Waals surface area (Å²) < 4.78 is 0. The van der Waals surface area contributed by atoms with Crippen LogP contribution in [0.2, 0.25) is 0 Å². The minimum absolute atomic E-state index is 0.0672. The fourth-order valence-electron chi connectivity index (χ4n) is 2.43. The minimum atomic E-state index is -0.833. The highest BCUT2D eigenvalue weighted by atomic mass is 32.1. The van der Waals surface area contributed by atoms with Crippen molar-refractivity contribution in [3.05, 3.63) is 5.01 Å². The third kappa shape index (κ3) is 3.99. The van der Waals surface area contributed by atoms with Gasteiger partial charge in [0.1, 0.15) is 5.01 Å². The molecule has 0 radical (unpaired) electrons. The van der Waals surface area contributed by atoms with Crippen molar-refractivity contribution >= 4 is 22.4 Å². The Kier molecular flexibility index (Phi) is 4.44. The van der Waals surface area contributed by atoms with Gasteiger partial charge in [-0.05, 0) is 12.8 Å². The summed E-state index contributed by atoms with van der Waals surface area (Å²) in [5.41, 5.74) is -0.901. The second-order valence-corrected chi connectivity index (χ2v) is 7.65. The zero-order valence-corrected chi connectivity index (χ0v) is 13.2. The number of hydrogen-bond acceptors (Lipinski definition) is 5. The molecule has 1 amide bonds. The van der Waals surface area contributed by atoms with Gasteiger partial charge in [0.25, 0.3) is 0 Å².